The summed E-state index contributed by atoms with van der Waals surface area (Å²) in [5, 5.41) is 19.6. The van der Waals surface area contributed by atoms with Gasteiger partial charge in [-0.3, -0.25) is 24.8 Å². The average molecular weight is 596 g/mol. The zero-order valence-corrected chi connectivity index (χ0v) is 24.5. The second-order valence-electron chi connectivity index (χ2n) is 10.1. The highest BCUT2D eigenvalue weighted by molar-refractivity contribution is 5.95. The van der Waals surface area contributed by atoms with Crippen LogP contribution in [0.2, 0.25) is 0 Å². The Morgan fingerprint density at radius 3 is 2.28 bits per heavy atom. The smallest absolute Gasteiger partial charge is 0.243 e. The van der Waals surface area contributed by atoms with E-state index in [2.05, 4.69) is 5.32 Å². The van der Waals surface area contributed by atoms with E-state index >= 15 is 0 Å². The fraction of sp³-hybridized carbons (Fsp3) is 0.406. The molecule has 2 aromatic rings. The largest absolute Gasteiger partial charge is 0.494 e. The van der Waals surface area contributed by atoms with Crippen LogP contribution in [0.3, 0.4) is 0 Å². The molecular formula is C32H41N3O8. The Morgan fingerprint density at radius 1 is 0.907 bits per heavy atom. The number of hydroxylamine groups is 2. The van der Waals surface area contributed by atoms with Crippen molar-refractivity contribution >= 4 is 29.5 Å². The molecule has 3 amide bonds. The molecule has 0 spiro atoms. The number of aryl methyl sites for hydroxylation is 1. The molecule has 11 heteroatoms. The molecule has 0 saturated heterocycles. The van der Waals surface area contributed by atoms with E-state index in [1.807, 2.05) is 61.5 Å². The van der Waals surface area contributed by atoms with Gasteiger partial charge in [-0.1, -0.05) is 12.1 Å². The number of ether oxygens (including phenoxy) is 3. The van der Waals surface area contributed by atoms with Gasteiger partial charge in [0.15, 0.2) is 0 Å². The Labute approximate surface area is 251 Å². The maximum absolute atomic E-state index is 11.5. The molecule has 0 saturated carbocycles. The van der Waals surface area contributed by atoms with Crippen molar-refractivity contribution in [3.63, 3.8) is 0 Å². The first-order valence-electron chi connectivity index (χ1n) is 14.6. The minimum Gasteiger partial charge on any atom is -0.494 e. The third-order valence-electron chi connectivity index (χ3n) is 6.79. The van der Waals surface area contributed by atoms with Gasteiger partial charge in [-0.15, -0.1) is 0 Å². The second kappa shape index (κ2) is 18.2. The van der Waals surface area contributed by atoms with E-state index in [1.54, 1.807) is 11.0 Å². The number of rotatable bonds is 14. The number of nitrogens with one attached hydrogen (secondary N) is 3. The van der Waals surface area contributed by atoms with Gasteiger partial charge in [0.25, 0.3) is 0 Å². The van der Waals surface area contributed by atoms with Crippen molar-refractivity contribution in [3.8, 4) is 17.2 Å². The molecule has 0 fully saturated rings. The Hall–Kier alpha value is -4.35. The Morgan fingerprint density at radius 2 is 1.60 bits per heavy atom. The number of unbranched alkanes of at least 4 members (excludes halogenated alkanes) is 4. The zero-order valence-electron chi connectivity index (χ0n) is 24.5. The van der Waals surface area contributed by atoms with Crippen LogP contribution >= 0.6 is 0 Å². The lowest BCUT2D eigenvalue weighted by atomic mass is 10.0. The van der Waals surface area contributed by atoms with Crippen molar-refractivity contribution in [2.75, 3.05) is 18.5 Å². The summed E-state index contributed by atoms with van der Waals surface area (Å²) >= 11 is 0. The van der Waals surface area contributed by atoms with Crippen LogP contribution in [-0.4, -0.2) is 41.3 Å². The Bertz CT molecular complexity index is 1290. The molecule has 0 aromatic heterocycles. The molecule has 232 valence electrons. The molecule has 2 aliphatic heterocycles. The number of hydrogen-bond donors (Lipinski definition) is 5. The number of hydrogen-bond acceptors (Lipinski definition) is 8. The number of allylic oxidation sites excluding steroid dienone is 2. The van der Waals surface area contributed by atoms with Crippen molar-refractivity contribution < 1.29 is 39.0 Å². The molecule has 2 aliphatic rings. The van der Waals surface area contributed by atoms with Crippen molar-refractivity contribution in [1.82, 2.24) is 11.0 Å². The molecule has 43 heavy (non-hydrogen) atoms. The third kappa shape index (κ3) is 11.4. The molecule has 0 atom stereocenters. The number of benzene rings is 2. The van der Waals surface area contributed by atoms with Gasteiger partial charge < -0.3 is 19.5 Å². The summed E-state index contributed by atoms with van der Waals surface area (Å²) in [6, 6.07) is 11.5. The summed E-state index contributed by atoms with van der Waals surface area (Å²) in [7, 11) is 0. The van der Waals surface area contributed by atoms with Crippen LogP contribution in [-0.2, 0) is 20.8 Å². The second-order valence-corrected chi connectivity index (χ2v) is 10.1. The van der Waals surface area contributed by atoms with Crippen molar-refractivity contribution in [2.45, 2.75) is 71.1 Å². The molecule has 0 aliphatic carbocycles. The summed E-state index contributed by atoms with van der Waals surface area (Å²) in [5.41, 5.74) is 6.13. The normalized spacial score (nSPS) is 13.8. The Balaban J connectivity index is 0.000000236. The lowest BCUT2D eigenvalue weighted by Crippen LogP contribution is -2.20. The molecule has 0 bridgehead atoms. The third-order valence-corrected chi connectivity index (χ3v) is 6.79. The number of anilines is 1. The fourth-order valence-corrected chi connectivity index (χ4v) is 4.44. The maximum Gasteiger partial charge on any atom is 0.243 e. The molecule has 4 rings (SSSR count). The lowest BCUT2D eigenvalue weighted by molar-refractivity contribution is -0.130. The van der Waals surface area contributed by atoms with Crippen LogP contribution in [0.5, 0.6) is 17.2 Å². The summed E-state index contributed by atoms with van der Waals surface area (Å²) in [6.07, 6.45) is 12.6. The standard InChI is InChI=1S/C17H21NO4.C15H20N2O4/c1-2-14-8-7-13-12-15(9-10-16(13)22-14)21-11-5-3-4-6-17(19)18-20;18-13-9-8-11-5-4-6-12(15(11)16-13)21-10-3-1-2-7-14(19)17-20/h2,7-10,12,20H,3-6,11H2,1H3,(H,18,19);4-6,20H,1-3,7-10H2,(H,16,18)(H,17,19)/b14-2-;. The SMILES string of the molecule is C/C=C1/C=Cc2cc(OCCCCCC(=O)NO)ccc2O1.O=C(CCCCCOc1cccc2c1NC(=O)CC2)NO. The van der Waals surface area contributed by atoms with E-state index in [0.29, 0.717) is 44.6 Å². The predicted octanol–water partition coefficient (Wildman–Crippen LogP) is 5.46. The van der Waals surface area contributed by atoms with Crippen molar-refractivity contribution in [2.24, 2.45) is 0 Å². The maximum atomic E-state index is 11.5. The quantitative estimate of drug-likeness (QED) is 0.110. The van der Waals surface area contributed by atoms with Crippen molar-refractivity contribution in [3.05, 3.63) is 65.4 Å². The van der Waals surface area contributed by atoms with Gasteiger partial charge >= 0.3 is 0 Å². The minimum absolute atomic E-state index is 0.0218. The zero-order chi connectivity index (χ0) is 30.9. The minimum atomic E-state index is -0.365. The number of carbonyl (C=O) groups excluding carboxylic acids is 3. The van der Waals surface area contributed by atoms with Crippen LogP contribution in [0, 0.1) is 0 Å². The van der Waals surface area contributed by atoms with E-state index in [9.17, 15) is 14.4 Å². The molecule has 0 unspecified atom stereocenters. The van der Waals surface area contributed by atoms with Gasteiger partial charge in [0, 0.05) is 24.8 Å². The average Bonchev–Trinajstić information content (AvgIpc) is 3.04. The van der Waals surface area contributed by atoms with Crippen LogP contribution in [0.1, 0.15) is 75.8 Å². The van der Waals surface area contributed by atoms with Gasteiger partial charge in [0.2, 0.25) is 17.7 Å². The van der Waals surface area contributed by atoms with E-state index in [0.717, 1.165) is 72.6 Å². The molecule has 5 N–H and O–H groups in total. The monoisotopic (exact) mass is 595 g/mol. The number of carbonyl (C=O) groups is 3. The predicted molar refractivity (Wildman–Crippen MR) is 161 cm³/mol. The fourth-order valence-electron chi connectivity index (χ4n) is 4.44. The van der Waals surface area contributed by atoms with Crippen LogP contribution < -0.4 is 30.5 Å². The summed E-state index contributed by atoms with van der Waals surface area (Å²) < 4.78 is 17.1. The highest BCUT2D eigenvalue weighted by atomic mass is 16.5. The first kappa shape index (κ1) is 33.2. The van der Waals surface area contributed by atoms with Crippen LogP contribution in [0.15, 0.2) is 54.3 Å². The number of amides is 3. The molecule has 2 heterocycles. The van der Waals surface area contributed by atoms with E-state index in [4.69, 9.17) is 24.6 Å². The lowest BCUT2D eigenvalue weighted by Gasteiger charge is -2.20. The summed E-state index contributed by atoms with van der Waals surface area (Å²) in [4.78, 5) is 33.1. The first-order chi connectivity index (χ1) is 20.9. The molecule has 0 radical (unpaired) electrons. The van der Waals surface area contributed by atoms with E-state index < -0.39 is 0 Å². The molecular weight excluding hydrogens is 554 g/mol. The van der Waals surface area contributed by atoms with Gasteiger partial charge in [0.05, 0.1) is 18.9 Å². The van der Waals surface area contributed by atoms with E-state index in [1.165, 1.54) is 0 Å². The highest BCUT2D eigenvalue weighted by Crippen LogP contribution is 2.33. The topological polar surface area (TPSA) is 155 Å². The summed E-state index contributed by atoms with van der Waals surface area (Å²) in [6.45, 7) is 3.07. The number of fused-ring (bicyclic) bond motifs is 2. The van der Waals surface area contributed by atoms with Gasteiger partial charge in [-0.25, -0.2) is 11.0 Å². The van der Waals surface area contributed by atoms with Crippen molar-refractivity contribution in [1.29, 1.82) is 0 Å². The molecule has 2 aromatic carbocycles. The van der Waals surface area contributed by atoms with Gasteiger partial charge in [-0.05, 0) is 99.9 Å². The Kier molecular flexibility index (Phi) is 14.1. The number of para-hydroxylation sites is 1. The van der Waals surface area contributed by atoms with Gasteiger partial charge in [0.1, 0.15) is 23.0 Å². The summed E-state index contributed by atoms with van der Waals surface area (Å²) in [5.74, 6) is 2.50. The molecule has 11 nitrogen and oxygen atoms in total. The van der Waals surface area contributed by atoms with Crippen LogP contribution in [0.4, 0.5) is 5.69 Å². The highest BCUT2D eigenvalue weighted by Gasteiger charge is 2.18. The van der Waals surface area contributed by atoms with E-state index in [-0.39, 0.29) is 17.7 Å². The first-order valence-corrected chi connectivity index (χ1v) is 14.6. The van der Waals surface area contributed by atoms with Gasteiger partial charge in [-0.2, -0.15) is 0 Å². The van der Waals surface area contributed by atoms with Crippen LogP contribution in [0.25, 0.3) is 6.08 Å².